The maximum atomic E-state index is 13.0. The van der Waals surface area contributed by atoms with E-state index in [1.807, 2.05) is 42.2 Å². The first-order chi connectivity index (χ1) is 12.1. The van der Waals surface area contributed by atoms with E-state index in [0.29, 0.717) is 5.92 Å². The molecule has 0 spiro atoms. The van der Waals surface area contributed by atoms with E-state index in [-0.39, 0.29) is 17.9 Å². The molecule has 2 fully saturated rings. The Bertz CT molecular complexity index is 545. The van der Waals surface area contributed by atoms with Crippen molar-refractivity contribution in [3.05, 3.63) is 35.9 Å². The SMILES string of the molecule is CC(C(=O)N1CCCC(CN2CCOCC2)C1)C(N)c1ccccc1. The lowest BCUT2D eigenvalue weighted by atomic mass is 9.91. The van der Waals surface area contributed by atoms with Gasteiger partial charge in [0.1, 0.15) is 0 Å². The molecule has 0 aliphatic carbocycles. The summed E-state index contributed by atoms with van der Waals surface area (Å²) in [4.78, 5) is 17.5. The molecule has 0 bridgehead atoms. The van der Waals surface area contributed by atoms with Crippen molar-refractivity contribution < 1.29 is 9.53 Å². The van der Waals surface area contributed by atoms with Crippen molar-refractivity contribution in [2.24, 2.45) is 17.6 Å². The molecule has 2 aliphatic rings. The Hall–Kier alpha value is -1.43. The monoisotopic (exact) mass is 345 g/mol. The van der Waals surface area contributed by atoms with Crippen LogP contribution in [0.25, 0.3) is 0 Å². The van der Waals surface area contributed by atoms with E-state index >= 15 is 0 Å². The lowest BCUT2D eigenvalue weighted by Crippen LogP contribution is -2.48. The summed E-state index contributed by atoms with van der Waals surface area (Å²) in [6.07, 6.45) is 2.30. The van der Waals surface area contributed by atoms with Gasteiger partial charge in [0, 0.05) is 38.8 Å². The van der Waals surface area contributed by atoms with Crippen LogP contribution in [0.4, 0.5) is 0 Å². The van der Waals surface area contributed by atoms with Crippen molar-refractivity contribution in [2.45, 2.75) is 25.8 Å². The van der Waals surface area contributed by atoms with Gasteiger partial charge in [-0.1, -0.05) is 37.3 Å². The summed E-state index contributed by atoms with van der Waals surface area (Å²) in [6.45, 7) is 8.46. The largest absolute Gasteiger partial charge is 0.379 e. The average molecular weight is 345 g/mol. The molecule has 1 amide bonds. The van der Waals surface area contributed by atoms with Crippen LogP contribution in [0.1, 0.15) is 31.4 Å². The summed E-state index contributed by atoms with van der Waals surface area (Å²) in [7, 11) is 0. The molecule has 3 atom stereocenters. The van der Waals surface area contributed by atoms with Crippen LogP contribution in [0, 0.1) is 11.8 Å². The fraction of sp³-hybridized carbons (Fsp3) is 0.650. The second-order valence-corrected chi connectivity index (χ2v) is 7.43. The summed E-state index contributed by atoms with van der Waals surface area (Å²) in [5.74, 6) is 0.573. The van der Waals surface area contributed by atoms with Crippen LogP contribution in [0.5, 0.6) is 0 Å². The third-order valence-electron chi connectivity index (χ3n) is 5.56. The predicted octanol–water partition coefficient (Wildman–Crippen LogP) is 1.89. The number of ether oxygens (including phenoxy) is 1. The number of amides is 1. The smallest absolute Gasteiger partial charge is 0.227 e. The minimum atomic E-state index is -0.242. The number of carbonyl (C=O) groups is 1. The van der Waals surface area contributed by atoms with Crippen molar-refractivity contribution in [3.8, 4) is 0 Å². The predicted molar refractivity (Wildman–Crippen MR) is 99.1 cm³/mol. The van der Waals surface area contributed by atoms with E-state index < -0.39 is 0 Å². The van der Waals surface area contributed by atoms with E-state index in [1.165, 1.54) is 6.42 Å². The zero-order valence-corrected chi connectivity index (χ0v) is 15.3. The standard InChI is InChI=1S/C20H31N3O2/c1-16(19(21)18-7-3-2-4-8-18)20(24)23-9-5-6-17(15-23)14-22-10-12-25-13-11-22/h2-4,7-8,16-17,19H,5-6,9-15,21H2,1H3. The molecule has 25 heavy (non-hydrogen) atoms. The summed E-state index contributed by atoms with van der Waals surface area (Å²) >= 11 is 0. The number of benzene rings is 1. The number of rotatable bonds is 5. The van der Waals surface area contributed by atoms with E-state index in [4.69, 9.17) is 10.5 Å². The first kappa shape index (κ1) is 18.4. The molecule has 0 radical (unpaired) electrons. The Morgan fingerprint density at radius 3 is 2.68 bits per heavy atom. The lowest BCUT2D eigenvalue weighted by Gasteiger charge is -2.38. The number of piperidine rings is 1. The molecular weight excluding hydrogens is 314 g/mol. The number of morpholine rings is 1. The molecule has 2 aliphatic heterocycles. The van der Waals surface area contributed by atoms with Gasteiger partial charge in [0.2, 0.25) is 5.91 Å². The Labute approximate surface area is 151 Å². The lowest BCUT2D eigenvalue weighted by molar-refractivity contribution is -0.137. The van der Waals surface area contributed by atoms with Crippen molar-refractivity contribution in [2.75, 3.05) is 45.9 Å². The van der Waals surface area contributed by atoms with Crippen LogP contribution in [0.15, 0.2) is 30.3 Å². The van der Waals surface area contributed by atoms with Crippen LogP contribution in [0.2, 0.25) is 0 Å². The van der Waals surface area contributed by atoms with Crippen LogP contribution < -0.4 is 5.73 Å². The van der Waals surface area contributed by atoms with Crippen molar-refractivity contribution >= 4 is 5.91 Å². The Kier molecular flexibility index (Phi) is 6.45. The molecule has 2 heterocycles. The highest BCUT2D eigenvalue weighted by atomic mass is 16.5. The van der Waals surface area contributed by atoms with Crippen LogP contribution in [-0.4, -0.2) is 61.6 Å². The van der Waals surface area contributed by atoms with Gasteiger partial charge in [0.25, 0.3) is 0 Å². The number of nitrogens with zero attached hydrogens (tertiary/aromatic N) is 2. The van der Waals surface area contributed by atoms with Crippen LogP contribution in [0.3, 0.4) is 0 Å². The van der Waals surface area contributed by atoms with Crippen LogP contribution >= 0.6 is 0 Å². The zero-order valence-electron chi connectivity index (χ0n) is 15.3. The summed E-state index contributed by atoms with van der Waals surface area (Å²) in [5.41, 5.74) is 7.39. The van der Waals surface area contributed by atoms with Gasteiger partial charge < -0.3 is 15.4 Å². The second kappa shape index (κ2) is 8.79. The van der Waals surface area contributed by atoms with Gasteiger partial charge in [0.15, 0.2) is 0 Å². The van der Waals surface area contributed by atoms with Crippen molar-refractivity contribution in [3.63, 3.8) is 0 Å². The summed E-state index contributed by atoms with van der Waals surface area (Å²) < 4.78 is 5.43. The van der Waals surface area contributed by atoms with E-state index in [1.54, 1.807) is 0 Å². The average Bonchev–Trinajstić information content (AvgIpc) is 2.68. The maximum absolute atomic E-state index is 13.0. The fourth-order valence-corrected chi connectivity index (χ4v) is 3.97. The molecule has 2 N–H and O–H groups in total. The molecule has 2 saturated heterocycles. The Balaban J connectivity index is 1.55. The molecule has 0 saturated carbocycles. The molecular formula is C20H31N3O2. The number of hydrogen-bond acceptors (Lipinski definition) is 4. The number of hydrogen-bond donors (Lipinski definition) is 1. The molecule has 5 heteroatoms. The first-order valence-electron chi connectivity index (χ1n) is 9.54. The van der Waals surface area contributed by atoms with Gasteiger partial charge in [-0.15, -0.1) is 0 Å². The minimum absolute atomic E-state index is 0.190. The molecule has 1 aromatic carbocycles. The van der Waals surface area contributed by atoms with Crippen molar-refractivity contribution in [1.29, 1.82) is 0 Å². The van der Waals surface area contributed by atoms with Gasteiger partial charge in [-0.3, -0.25) is 9.69 Å². The highest BCUT2D eigenvalue weighted by Crippen LogP contribution is 2.25. The van der Waals surface area contributed by atoms with Crippen LogP contribution in [-0.2, 0) is 9.53 Å². The van der Waals surface area contributed by atoms with E-state index in [2.05, 4.69) is 4.90 Å². The Morgan fingerprint density at radius 2 is 1.96 bits per heavy atom. The first-order valence-corrected chi connectivity index (χ1v) is 9.54. The fourth-order valence-electron chi connectivity index (χ4n) is 3.97. The third kappa shape index (κ3) is 4.81. The molecule has 1 aromatic rings. The van der Waals surface area contributed by atoms with Crippen molar-refractivity contribution in [1.82, 2.24) is 9.80 Å². The topological polar surface area (TPSA) is 58.8 Å². The summed E-state index contributed by atoms with van der Waals surface area (Å²) in [5, 5.41) is 0. The molecule has 138 valence electrons. The minimum Gasteiger partial charge on any atom is -0.379 e. The normalized spacial score (nSPS) is 24.7. The van der Waals surface area contributed by atoms with Gasteiger partial charge in [-0.2, -0.15) is 0 Å². The van der Waals surface area contributed by atoms with Gasteiger partial charge >= 0.3 is 0 Å². The van der Waals surface area contributed by atoms with Gasteiger partial charge in [-0.05, 0) is 24.3 Å². The van der Waals surface area contributed by atoms with Gasteiger partial charge in [0.05, 0.1) is 19.1 Å². The highest BCUT2D eigenvalue weighted by molar-refractivity contribution is 5.79. The number of likely N-dealkylation sites (tertiary alicyclic amines) is 1. The maximum Gasteiger partial charge on any atom is 0.227 e. The Morgan fingerprint density at radius 1 is 1.24 bits per heavy atom. The zero-order chi connectivity index (χ0) is 17.6. The molecule has 3 unspecified atom stereocenters. The molecule has 0 aromatic heterocycles. The highest BCUT2D eigenvalue weighted by Gasteiger charge is 2.31. The van der Waals surface area contributed by atoms with Gasteiger partial charge in [-0.25, -0.2) is 0 Å². The van der Waals surface area contributed by atoms with E-state index in [0.717, 1.165) is 57.9 Å². The second-order valence-electron chi connectivity index (χ2n) is 7.43. The summed E-state index contributed by atoms with van der Waals surface area (Å²) in [6, 6.07) is 9.70. The van der Waals surface area contributed by atoms with E-state index in [9.17, 15) is 4.79 Å². The molecule has 5 nitrogen and oxygen atoms in total. The third-order valence-corrected chi connectivity index (χ3v) is 5.56. The number of nitrogens with two attached hydrogens (primary N) is 1. The number of carbonyl (C=O) groups excluding carboxylic acids is 1. The quantitative estimate of drug-likeness (QED) is 0.885. The molecule has 3 rings (SSSR count).